The molecule has 3 nitrogen and oxygen atoms in total. The SMILES string of the molecule is CP(C)(=O)CC(C(=O)O)C(F)(F)F. The second-order valence-electron chi connectivity index (χ2n) is 3.19. The number of hydrogen-bond donors (Lipinski definition) is 1. The maximum Gasteiger partial charge on any atom is 0.402 e. The lowest BCUT2D eigenvalue weighted by Crippen LogP contribution is -2.33. The molecule has 0 aliphatic rings. The van der Waals surface area contributed by atoms with E-state index in [9.17, 15) is 22.5 Å². The average Bonchev–Trinajstić information content (AvgIpc) is 1.77. The van der Waals surface area contributed by atoms with E-state index in [-0.39, 0.29) is 0 Å². The lowest BCUT2D eigenvalue weighted by Gasteiger charge is -2.17. The van der Waals surface area contributed by atoms with Crippen molar-refractivity contribution in [1.82, 2.24) is 0 Å². The normalized spacial score (nSPS) is 15.5. The Morgan fingerprint density at radius 1 is 1.46 bits per heavy atom. The van der Waals surface area contributed by atoms with Crippen molar-refractivity contribution >= 4 is 13.1 Å². The fourth-order valence-corrected chi connectivity index (χ4v) is 2.00. The summed E-state index contributed by atoms with van der Waals surface area (Å²) in [5, 5.41) is 8.23. The fraction of sp³-hybridized carbons (Fsp3) is 0.833. The Morgan fingerprint density at radius 3 is 1.92 bits per heavy atom. The van der Waals surface area contributed by atoms with Crippen molar-refractivity contribution in [2.24, 2.45) is 5.92 Å². The number of carboxylic acid groups (broad SMARTS) is 1. The fourth-order valence-electron chi connectivity index (χ4n) is 0.761. The topological polar surface area (TPSA) is 54.4 Å². The van der Waals surface area contributed by atoms with Gasteiger partial charge in [0.25, 0.3) is 0 Å². The summed E-state index contributed by atoms with van der Waals surface area (Å²) >= 11 is 0. The molecule has 78 valence electrons. The molecule has 13 heavy (non-hydrogen) atoms. The van der Waals surface area contributed by atoms with Crippen LogP contribution in [-0.2, 0) is 9.36 Å². The van der Waals surface area contributed by atoms with E-state index in [1.54, 1.807) is 0 Å². The Bertz CT molecular complexity index is 242. The molecule has 0 aromatic carbocycles. The van der Waals surface area contributed by atoms with Crippen LogP contribution in [0.1, 0.15) is 0 Å². The predicted molar refractivity (Wildman–Crippen MR) is 41.5 cm³/mol. The van der Waals surface area contributed by atoms with Crippen LogP contribution in [0.2, 0.25) is 0 Å². The van der Waals surface area contributed by atoms with Gasteiger partial charge in [-0.15, -0.1) is 0 Å². The lowest BCUT2D eigenvalue weighted by atomic mass is 10.2. The van der Waals surface area contributed by atoms with Crippen LogP contribution in [0.4, 0.5) is 13.2 Å². The number of hydrogen-bond acceptors (Lipinski definition) is 2. The van der Waals surface area contributed by atoms with Gasteiger partial charge in [0.2, 0.25) is 0 Å². The second-order valence-corrected chi connectivity index (χ2v) is 6.70. The number of carbonyl (C=O) groups is 1. The molecular formula is C6H10F3O3P. The van der Waals surface area contributed by atoms with Crippen molar-refractivity contribution < 1.29 is 27.6 Å². The van der Waals surface area contributed by atoms with Crippen LogP contribution >= 0.6 is 7.14 Å². The van der Waals surface area contributed by atoms with E-state index in [1.165, 1.54) is 0 Å². The number of carboxylic acids is 1. The Labute approximate surface area is 73.3 Å². The van der Waals surface area contributed by atoms with Gasteiger partial charge in [0.1, 0.15) is 0 Å². The molecule has 0 rings (SSSR count). The molecule has 0 aromatic rings. The number of rotatable bonds is 3. The van der Waals surface area contributed by atoms with Crippen molar-refractivity contribution in [2.75, 3.05) is 19.5 Å². The van der Waals surface area contributed by atoms with E-state index >= 15 is 0 Å². The van der Waals surface area contributed by atoms with Crippen molar-refractivity contribution in [2.45, 2.75) is 6.18 Å². The molecule has 0 fully saturated rings. The first kappa shape index (κ1) is 12.5. The third-order valence-corrected chi connectivity index (χ3v) is 2.56. The zero-order valence-electron chi connectivity index (χ0n) is 7.13. The van der Waals surface area contributed by atoms with E-state index in [1.807, 2.05) is 0 Å². The van der Waals surface area contributed by atoms with E-state index < -0.39 is 31.4 Å². The highest BCUT2D eigenvalue weighted by Crippen LogP contribution is 2.42. The standard InChI is InChI=1S/C6H10F3O3P/c1-13(2,12)3-4(5(10)11)6(7,8)9/h4H,3H2,1-2H3,(H,10,11). The van der Waals surface area contributed by atoms with Crippen molar-refractivity contribution in [3.63, 3.8) is 0 Å². The van der Waals surface area contributed by atoms with Gasteiger partial charge in [-0.3, -0.25) is 4.79 Å². The van der Waals surface area contributed by atoms with Gasteiger partial charge >= 0.3 is 12.1 Å². The van der Waals surface area contributed by atoms with Crippen LogP contribution in [0, 0.1) is 5.92 Å². The van der Waals surface area contributed by atoms with Crippen molar-refractivity contribution in [3.05, 3.63) is 0 Å². The minimum atomic E-state index is -4.83. The maximum absolute atomic E-state index is 12.0. The van der Waals surface area contributed by atoms with Crippen molar-refractivity contribution in [3.8, 4) is 0 Å². The van der Waals surface area contributed by atoms with E-state index in [2.05, 4.69) is 0 Å². The zero-order chi connectivity index (χ0) is 10.9. The third-order valence-electron chi connectivity index (χ3n) is 1.32. The van der Waals surface area contributed by atoms with Crippen molar-refractivity contribution in [1.29, 1.82) is 0 Å². The quantitative estimate of drug-likeness (QED) is 0.735. The Morgan fingerprint density at radius 2 is 1.85 bits per heavy atom. The first-order valence-electron chi connectivity index (χ1n) is 3.37. The second kappa shape index (κ2) is 3.70. The molecule has 0 aromatic heterocycles. The maximum atomic E-state index is 12.0. The summed E-state index contributed by atoms with van der Waals surface area (Å²) in [6.45, 7) is 2.27. The Hall–Kier alpha value is -0.510. The summed E-state index contributed by atoms with van der Waals surface area (Å²) in [5.41, 5.74) is 0. The first-order chi connectivity index (χ1) is 5.54. The summed E-state index contributed by atoms with van der Waals surface area (Å²) < 4.78 is 47.0. The van der Waals surface area contributed by atoms with Crippen LogP contribution in [0.5, 0.6) is 0 Å². The van der Waals surface area contributed by atoms with Gasteiger partial charge < -0.3 is 9.67 Å². The van der Waals surface area contributed by atoms with Crippen LogP contribution in [0.3, 0.4) is 0 Å². The van der Waals surface area contributed by atoms with E-state index in [0.29, 0.717) is 0 Å². The third kappa shape index (κ3) is 4.93. The molecule has 0 saturated heterocycles. The van der Waals surface area contributed by atoms with E-state index in [4.69, 9.17) is 5.11 Å². The molecule has 7 heteroatoms. The summed E-state index contributed by atoms with van der Waals surface area (Å²) in [6.07, 6.45) is -5.67. The number of halogens is 3. The molecule has 0 heterocycles. The zero-order valence-corrected chi connectivity index (χ0v) is 8.02. The van der Waals surface area contributed by atoms with Gasteiger partial charge in [0.05, 0.1) is 7.14 Å². The molecule has 0 aliphatic heterocycles. The molecule has 0 spiro atoms. The summed E-state index contributed by atoms with van der Waals surface area (Å²) in [5.74, 6) is -4.50. The minimum absolute atomic E-state index is 0.841. The van der Waals surface area contributed by atoms with Gasteiger partial charge in [-0.1, -0.05) is 0 Å². The monoisotopic (exact) mass is 218 g/mol. The van der Waals surface area contributed by atoms with Gasteiger partial charge in [0.15, 0.2) is 5.92 Å². The van der Waals surface area contributed by atoms with E-state index in [0.717, 1.165) is 13.3 Å². The largest absolute Gasteiger partial charge is 0.481 e. The molecule has 0 bridgehead atoms. The van der Waals surface area contributed by atoms with Gasteiger partial charge in [-0.2, -0.15) is 13.2 Å². The number of alkyl halides is 3. The summed E-state index contributed by atoms with van der Waals surface area (Å²) in [6, 6.07) is 0. The molecule has 1 unspecified atom stereocenters. The van der Waals surface area contributed by atoms with Gasteiger partial charge in [-0.05, 0) is 13.3 Å². The number of aliphatic carboxylic acids is 1. The molecule has 1 atom stereocenters. The Balaban J connectivity index is 4.66. The molecule has 0 amide bonds. The molecule has 0 radical (unpaired) electrons. The molecular weight excluding hydrogens is 208 g/mol. The van der Waals surface area contributed by atoms with Gasteiger partial charge in [-0.25, -0.2) is 0 Å². The molecule has 0 saturated carbocycles. The van der Waals surface area contributed by atoms with Crippen LogP contribution < -0.4 is 0 Å². The average molecular weight is 218 g/mol. The van der Waals surface area contributed by atoms with Crippen LogP contribution in [-0.4, -0.2) is 36.7 Å². The first-order valence-corrected chi connectivity index (χ1v) is 6.16. The highest BCUT2D eigenvalue weighted by Gasteiger charge is 2.46. The molecule has 0 aliphatic carbocycles. The van der Waals surface area contributed by atoms with Crippen LogP contribution in [0.25, 0.3) is 0 Å². The van der Waals surface area contributed by atoms with Crippen LogP contribution in [0.15, 0.2) is 0 Å². The summed E-state index contributed by atoms with van der Waals surface area (Å²) in [4.78, 5) is 10.2. The minimum Gasteiger partial charge on any atom is -0.481 e. The lowest BCUT2D eigenvalue weighted by molar-refractivity contribution is -0.189. The summed E-state index contributed by atoms with van der Waals surface area (Å²) in [7, 11) is -2.97. The molecule has 1 N–H and O–H groups in total. The highest BCUT2D eigenvalue weighted by molar-refractivity contribution is 7.62. The van der Waals surface area contributed by atoms with Gasteiger partial charge in [0, 0.05) is 6.16 Å². The Kier molecular flexibility index (Phi) is 3.55. The highest BCUT2D eigenvalue weighted by atomic mass is 31.2. The predicted octanol–water partition coefficient (Wildman–Crippen LogP) is 1.87. The smallest absolute Gasteiger partial charge is 0.402 e.